The Morgan fingerprint density at radius 2 is 0.630 bits per heavy atom. The molecule has 0 bridgehead atoms. The van der Waals surface area contributed by atoms with Gasteiger partial charge in [0, 0.05) is 0 Å². The average Bonchev–Trinajstić information content (AvgIpc) is 2.62. The van der Waals surface area contributed by atoms with Crippen LogP contribution in [0.4, 0.5) is 0 Å². The molecule has 160 valence electrons. The fourth-order valence-electron chi connectivity index (χ4n) is 2.98. The minimum atomic E-state index is -5.37. The third-order valence-corrected chi connectivity index (χ3v) is 5.68. The zero-order chi connectivity index (χ0) is 20.8. The zero-order valence-corrected chi connectivity index (χ0v) is 14.4. The van der Waals surface area contributed by atoms with Crippen LogP contribution < -0.4 is 0 Å². The summed E-state index contributed by atoms with van der Waals surface area (Å²) in [4.78, 5) is 9.78. The molecular weight excluding hydrogens is 399 g/mol. The molecule has 27 heavy (non-hydrogen) atoms. The topological polar surface area (TPSA) is 258 Å². The minimum Gasteiger partial charge on any atom is -0.387 e. The molecule has 11 N–H and O–H groups in total. The van der Waals surface area contributed by atoms with Gasteiger partial charge in [0.2, 0.25) is 0 Å². The summed E-state index contributed by atoms with van der Waals surface area (Å²) in [6, 6.07) is 0. The van der Waals surface area contributed by atoms with Gasteiger partial charge in [-0.1, -0.05) is 0 Å². The molecule has 14 nitrogen and oxygen atoms in total. The first-order valence-corrected chi connectivity index (χ1v) is 9.30. The first kappa shape index (κ1) is 23.0. The Hall–Kier alpha value is -0.290. The van der Waals surface area contributed by atoms with Gasteiger partial charge in [0.15, 0.2) is 0 Å². The molecule has 15 heteroatoms. The first-order valence-electron chi connectivity index (χ1n) is 7.80. The second-order valence-corrected chi connectivity index (χ2v) is 7.87. The Labute approximate surface area is 151 Å². The second kappa shape index (κ2) is 8.22. The van der Waals surface area contributed by atoms with Gasteiger partial charge in [-0.15, -0.1) is 0 Å². The van der Waals surface area contributed by atoms with Crippen molar-refractivity contribution in [3.05, 3.63) is 0 Å². The second-order valence-electron chi connectivity index (χ2n) is 6.51. The molecule has 0 aliphatic heterocycles. The normalized spacial score (nSPS) is 53.7. The number of aliphatic hydroxyl groups is 10. The molecule has 2 aliphatic rings. The largest absolute Gasteiger partial charge is 0.473 e. The number of phosphoric ester groups is 1. The van der Waals surface area contributed by atoms with E-state index in [0.29, 0.717) is 0 Å². The van der Waals surface area contributed by atoms with E-state index in [9.17, 15) is 60.5 Å². The Bertz CT molecular complexity index is 486. The minimum absolute atomic E-state index is 1.98. The number of aliphatic hydroxyl groups excluding tert-OH is 10. The molecule has 2 aliphatic carbocycles. The summed E-state index contributed by atoms with van der Waals surface area (Å²) < 4.78 is 21.1. The van der Waals surface area contributed by atoms with Crippen LogP contribution in [0.3, 0.4) is 0 Å². The number of rotatable bonds is 4. The highest BCUT2D eigenvalue weighted by molar-refractivity contribution is 7.47. The number of hydrogen-bond acceptors (Lipinski definition) is 13. The van der Waals surface area contributed by atoms with Crippen LogP contribution >= 0.6 is 7.82 Å². The smallest absolute Gasteiger partial charge is 0.387 e. The van der Waals surface area contributed by atoms with Crippen molar-refractivity contribution < 1.29 is 69.6 Å². The lowest BCUT2D eigenvalue weighted by Gasteiger charge is -2.43. The summed E-state index contributed by atoms with van der Waals surface area (Å²) in [5.41, 5.74) is 0. The van der Waals surface area contributed by atoms with Crippen molar-refractivity contribution in [3.63, 3.8) is 0 Å². The maximum atomic E-state index is 12.1. The van der Waals surface area contributed by atoms with Crippen molar-refractivity contribution in [1.82, 2.24) is 0 Å². The molecule has 0 heterocycles. The van der Waals surface area contributed by atoms with Crippen LogP contribution in [0.25, 0.3) is 0 Å². The first-order chi connectivity index (χ1) is 12.3. The third kappa shape index (κ3) is 4.34. The Morgan fingerprint density at radius 1 is 0.444 bits per heavy atom. The summed E-state index contributed by atoms with van der Waals surface area (Å²) in [6.45, 7) is 0. The molecule has 2 rings (SSSR count). The average molecular weight is 422 g/mol. The van der Waals surface area contributed by atoms with Crippen molar-refractivity contribution in [1.29, 1.82) is 0 Å². The monoisotopic (exact) mass is 422 g/mol. The van der Waals surface area contributed by atoms with Crippen LogP contribution in [0.15, 0.2) is 0 Å². The zero-order valence-electron chi connectivity index (χ0n) is 13.5. The molecule has 2 fully saturated rings. The SMILES string of the molecule is O=P(O)(OC1[C@@H](O)[C@H](O)C(O)[C@H](O)[C@@H]1O)OC1[C@@H](O)[C@H](O)C(O)[C@H](O)[C@@H]1O. The van der Waals surface area contributed by atoms with Gasteiger partial charge in [-0.2, -0.15) is 0 Å². The molecule has 0 radical (unpaired) electrons. The van der Waals surface area contributed by atoms with Crippen LogP contribution in [-0.4, -0.2) is 129 Å². The van der Waals surface area contributed by atoms with Crippen LogP contribution in [-0.2, 0) is 13.6 Å². The number of phosphoric acid groups is 1. The van der Waals surface area contributed by atoms with E-state index >= 15 is 0 Å². The van der Waals surface area contributed by atoms with E-state index in [1.165, 1.54) is 0 Å². The number of hydrogen-bond donors (Lipinski definition) is 11. The lowest BCUT2D eigenvalue weighted by Crippen LogP contribution is -2.65. The summed E-state index contributed by atoms with van der Waals surface area (Å²) >= 11 is 0. The summed E-state index contributed by atoms with van der Waals surface area (Å²) in [6.07, 6.45) is -25.0. The van der Waals surface area contributed by atoms with Crippen LogP contribution in [0.1, 0.15) is 0 Å². The highest BCUT2D eigenvalue weighted by atomic mass is 31.2. The van der Waals surface area contributed by atoms with Gasteiger partial charge in [0.25, 0.3) is 0 Å². The van der Waals surface area contributed by atoms with E-state index in [0.717, 1.165) is 0 Å². The van der Waals surface area contributed by atoms with Crippen molar-refractivity contribution in [2.75, 3.05) is 0 Å². The summed E-state index contributed by atoms with van der Waals surface area (Å²) in [5.74, 6) is 0. The van der Waals surface area contributed by atoms with E-state index in [4.69, 9.17) is 0 Å². The Morgan fingerprint density at radius 3 is 0.852 bits per heavy atom. The predicted octanol–water partition coefficient (Wildman–Crippen LogP) is -6.51. The van der Waals surface area contributed by atoms with Crippen LogP contribution in [0.5, 0.6) is 0 Å². The molecule has 2 saturated carbocycles. The highest BCUT2D eigenvalue weighted by Gasteiger charge is 2.54. The molecule has 4 unspecified atom stereocenters. The molecule has 0 saturated heterocycles. The maximum Gasteiger partial charge on any atom is 0.473 e. The summed E-state index contributed by atoms with van der Waals surface area (Å²) in [5, 5.41) is 96.3. The van der Waals surface area contributed by atoms with E-state index in [-0.39, 0.29) is 0 Å². The maximum absolute atomic E-state index is 12.1. The Kier molecular flexibility index (Phi) is 7.00. The molecule has 12 atom stereocenters. The van der Waals surface area contributed by atoms with Gasteiger partial charge in [-0.3, -0.25) is 9.05 Å². The molecule has 0 aromatic carbocycles. The van der Waals surface area contributed by atoms with E-state index in [2.05, 4.69) is 9.05 Å². The van der Waals surface area contributed by atoms with Gasteiger partial charge in [0.1, 0.15) is 73.2 Å². The quantitative estimate of drug-likeness (QED) is 0.188. The fraction of sp³-hybridized carbons (Fsp3) is 1.00. The third-order valence-electron chi connectivity index (χ3n) is 4.66. The molecule has 0 spiro atoms. The molecule has 0 aromatic rings. The predicted molar refractivity (Wildman–Crippen MR) is 79.6 cm³/mol. The van der Waals surface area contributed by atoms with E-state index < -0.39 is 81.1 Å². The van der Waals surface area contributed by atoms with Crippen LogP contribution in [0, 0.1) is 0 Å². The van der Waals surface area contributed by atoms with Crippen molar-refractivity contribution in [2.45, 2.75) is 73.2 Å². The van der Waals surface area contributed by atoms with Crippen molar-refractivity contribution in [2.24, 2.45) is 0 Å². The van der Waals surface area contributed by atoms with Crippen molar-refractivity contribution >= 4 is 7.82 Å². The van der Waals surface area contributed by atoms with Gasteiger partial charge < -0.3 is 56.0 Å². The van der Waals surface area contributed by atoms with Crippen molar-refractivity contribution in [3.8, 4) is 0 Å². The van der Waals surface area contributed by atoms with Gasteiger partial charge in [0.05, 0.1) is 0 Å². The van der Waals surface area contributed by atoms with Crippen LogP contribution in [0.2, 0.25) is 0 Å². The molecular formula is C12H23O14P. The Balaban J connectivity index is 2.15. The molecule has 0 amide bonds. The highest BCUT2D eigenvalue weighted by Crippen LogP contribution is 2.49. The standard InChI is InChI=1S/C12H23O14P/c13-1-3(15)7(19)11(8(20)4(1)16)25-27(23,24)26-12-9(21)5(17)2(14)6(18)10(12)22/h1-22H,(H,23,24)/t1?,2?,3-,4+,5-,6+,7-,8-,9-,10-,11?,12?/m0/s1. The van der Waals surface area contributed by atoms with Gasteiger partial charge >= 0.3 is 7.82 Å². The van der Waals surface area contributed by atoms with Gasteiger partial charge in [-0.05, 0) is 0 Å². The lowest BCUT2D eigenvalue weighted by molar-refractivity contribution is -0.231. The van der Waals surface area contributed by atoms with E-state index in [1.807, 2.05) is 0 Å². The summed E-state index contributed by atoms with van der Waals surface area (Å²) in [7, 11) is -5.37. The van der Waals surface area contributed by atoms with Gasteiger partial charge in [-0.25, -0.2) is 4.57 Å². The molecule has 0 aromatic heterocycles. The fourth-order valence-corrected chi connectivity index (χ4v) is 4.14. The van der Waals surface area contributed by atoms with E-state index in [1.54, 1.807) is 0 Å². The lowest BCUT2D eigenvalue weighted by atomic mass is 9.85.